The van der Waals surface area contributed by atoms with Gasteiger partial charge in [0.25, 0.3) is 0 Å². The topological polar surface area (TPSA) is 62.7 Å². The Labute approximate surface area is 110 Å². The van der Waals surface area contributed by atoms with Gasteiger partial charge in [0, 0.05) is 11.1 Å². The molecule has 4 heteroatoms. The van der Waals surface area contributed by atoms with E-state index in [1.54, 1.807) is 0 Å². The molecule has 0 aromatic carbocycles. The van der Waals surface area contributed by atoms with Crippen molar-refractivity contribution in [1.82, 2.24) is 4.98 Å². The molecule has 3 nitrogen and oxygen atoms in total. The Balaban J connectivity index is 2.22. The molecule has 0 radical (unpaired) electrons. The van der Waals surface area contributed by atoms with E-state index in [0.29, 0.717) is 16.0 Å². The van der Waals surface area contributed by atoms with E-state index in [4.69, 9.17) is 16.0 Å². The number of hydrogen-bond donors (Lipinski definition) is 1. The fourth-order valence-corrected chi connectivity index (χ4v) is 3.53. The predicted octanol–water partition coefficient (Wildman–Crippen LogP) is 3.27. The first kappa shape index (κ1) is 11.5. The van der Waals surface area contributed by atoms with Crippen LogP contribution in [0.15, 0.2) is 6.07 Å². The molecular weight excluding hydrogens is 242 g/mol. The van der Waals surface area contributed by atoms with Crippen molar-refractivity contribution in [1.29, 1.82) is 5.26 Å². The number of aromatic nitrogens is 1. The zero-order valence-corrected chi connectivity index (χ0v) is 11.4. The van der Waals surface area contributed by atoms with Crippen molar-refractivity contribution >= 4 is 27.2 Å². The maximum absolute atomic E-state index is 9.02. The lowest BCUT2D eigenvalue weighted by atomic mass is 9.76. The number of thiophene rings is 1. The summed E-state index contributed by atoms with van der Waals surface area (Å²) in [5.74, 6) is 0. The van der Waals surface area contributed by atoms with Gasteiger partial charge in [0.2, 0.25) is 0 Å². The number of nitrogens with two attached hydrogens (primary N) is 1. The number of aryl methyl sites for hydroxylation is 1. The van der Waals surface area contributed by atoms with E-state index in [1.807, 2.05) is 0 Å². The molecule has 1 aliphatic carbocycles. The van der Waals surface area contributed by atoms with E-state index in [2.05, 4.69) is 26.0 Å². The molecule has 2 aromatic heterocycles. The number of nitrogens with zero attached hydrogens (tertiary/aromatic N) is 2. The fourth-order valence-electron chi connectivity index (χ4n) is 2.63. The quantitative estimate of drug-likeness (QED) is 0.788. The first-order valence-corrected chi connectivity index (χ1v) is 6.93. The van der Waals surface area contributed by atoms with Gasteiger partial charge in [-0.2, -0.15) is 5.26 Å². The van der Waals surface area contributed by atoms with Gasteiger partial charge in [0.05, 0.1) is 5.69 Å². The first-order valence-electron chi connectivity index (χ1n) is 6.11. The third kappa shape index (κ3) is 1.67. The van der Waals surface area contributed by atoms with Crippen molar-refractivity contribution in [2.75, 3.05) is 5.73 Å². The SMILES string of the molecule is CC1(C)CCc2nc3sc(C#N)c(N)c3cc2C1. The number of nitrogen functional groups attached to an aromatic ring is 1. The molecular formula is C14H15N3S. The monoisotopic (exact) mass is 257 g/mol. The summed E-state index contributed by atoms with van der Waals surface area (Å²) in [6.45, 7) is 4.58. The molecule has 2 heterocycles. The summed E-state index contributed by atoms with van der Waals surface area (Å²) in [4.78, 5) is 6.19. The largest absolute Gasteiger partial charge is 0.396 e. The second-order valence-electron chi connectivity index (χ2n) is 5.74. The van der Waals surface area contributed by atoms with Crippen molar-refractivity contribution in [3.63, 3.8) is 0 Å². The first-order chi connectivity index (χ1) is 8.50. The van der Waals surface area contributed by atoms with Crippen LogP contribution in [0.5, 0.6) is 0 Å². The summed E-state index contributed by atoms with van der Waals surface area (Å²) in [6.07, 6.45) is 3.24. The number of pyridine rings is 1. The van der Waals surface area contributed by atoms with E-state index in [-0.39, 0.29) is 0 Å². The van der Waals surface area contributed by atoms with Gasteiger partial charge >= 0.3 is 0 Å². The summed E-state index contributed by atoms with van der Waals surface area (Å²) in [6, 6.07) is 4.29. The minimum absolute atomic E-state index is 0.338. The molecule has 0 spiro atoms. The molecule has 0 unspecified atom stereocenters. The van der Waals surface area contributed by atoms with Gasteiger partial charge in [0.1, 0.15) is 15.8 Å². The van der Waals surface area contributed by atoms with Crippen molar-refractivity contribution in [3.8, 4) is 6.07 Å². The lowest BCUT2D eigenvalue weighted by Crippen LogP contribution is -2.22. The molecule has 0 amide bonds. The Morgan fingerprint density at radius 2 is 2.28 bits per heavy atom. The van der Waals surface area contributed by atoms with Crippen molar-refractivity contribution in [2.24, 2.45) is 5.41 Å². The van der Waals surface area contributed by atoms with Crippen LogP contribution in [0.2, 0.25) is 0 Å². The highest BCUT2D eigenvalue weighted by atomic mass is 32.1. The van der Waals surface area contributed by atoms with Gasteiger partial charge in [-0.3, -0.25) is 0 Å². The molecule has 2 N–H and O–H groups in total. The number of fused-ring (bicyclic) bond motifs is 2. The normalized spacial score (nSPS) is 17.4. The van der Waals surface area contributed by atoms with Crippen LogP contribution in [0.4, 0.5) is 5.69 Å². The zero-order chi connectivity index (χ0) is 12.9. The molecule has 0 saturated heterocycles. The molecule has 0 fully saturated rings. The third-order valence-electron chi connectivity index (χ3n) is 3.70. The van der Waals surface area contributed by atoms with E-state index >= 15 is 0 Å². The highest BCUT2D eigenvalue weighted by Crippen LogP contribution is 2.38. The Hall–Kier alpha value is -1.60. The number of anilines is 1. The second kappa shape index (κ2) is 3.69. The lowest BCUT2D eigenvalue weighted by Gasteiger charge is -2.30. The van der Waals surface area contributed by atoms with Gasteiger partial charge in [-0.15, -0.1) is 11.3 Å². The minimum Gasteiger partial charge on any atom is -0.396 e. The summed E-state index contributed by atoms with van der Waals surface area (Å²) >= 11 is 1.40. The Bertz CT molecular complexity index is 676. The second-order valence-corrected chi connectivity index (χ2v) is 6.74. The summed E-state index contributed by atoms with van der Waals surface area (Å²) in [5.41, 5.74) is 9.42. The van der Waals surface area contributed by atoms with Crippen LogP contribution < -0.4 is 5.73 Å². The van der Waals surface area contributed by atoms with Crippen LogP contribution in [0.1, 0.15) is 36.4 Å². The summed E-state index contributed by atoms with van der Waals surface area (Å²) in [5, 5.41) is 9.97. The molecule has 18 heavy (non-hydrogen) atoms. The molecule has 0 atom stereocenters. The molecule has 1 aliphatic rings. The summed E-state index contributed by atoms with van der Waals surface area (Å²) in [7, 11) is 0. The van der Waals surface area contributed by atoms with Gasteiger partial charge in [-0.1, -0.05) is 13.8 Å². The molecule has 0 aliphatic heterocycles. The molecule has 0 bridgehead atoms. The molecule has 0 saturated carbocycles. The van der Waals surface area contributed by atoms with E-state index in [0.717, 1.165) is 23.1 Å². The van der Waals surface area contributed by atoms with Crippen LogP contribution >= 0.6 is 11.3 Å². The van der Waals surface area contributed by atoms with Gasteiger partial charge in [-0.25, -0.2) is 4.98 Å². The maximum Gasteiger partial charge on any atom is 0.130 e. The standard InChI is InChI=1S/C14H15N3S/c1-14(2)4-3-10-8(6-14)5-9-12(16)11(7-15)18-13(9)17-10/h5H,3-4,6,16H2,1-2H3. The highest BCUT2D eigenvalue weighted by molar-refractivity contribution is 7.19. The van der Waals surface area contributed by atoms with Crippen molar-refractivity contribution in [3.05, 3.63) is 22.2 Å². The molecule has 92 valence electrons. The van der Waals surface area contributed by atoms with Crippen molar-refractivity contribution < 1.29 is 0 Å². The summed E-state index contributed by atoms with van der Waals surface area (Å²) < 4.78 is 0. The average Bonchev–Trinajstić information content (AvgIpc) is 2.62. The third-order valence-corrected chi connectivity index (χ3v) is 4.72. The Morgan fingerprint density at radius 3 is 3.00 bits per heavy atom. The van der Waals surface area contributed by atoms with Gasteiger partial charge in [0.15, 0.2) is 0 Å². The number of rotatable bonds is 0. The van der Waals surface area contributed by atoms with Crippen LogP contribution in [-0.4, -0.2) is 4.98 Å². The average molecular weight is 257 g/mol. The fraction of sp³-hybridized carbons (Fsp3) is 0.429. The van der Waals surface area contributed by atoms with E-state index in [1.165, 1.54) is 29.0 Å². The lowest BCUT2D eigenvalue weighted by molar-refractivity contribution is 0.313. The maximum atomic E-state index is 9.02. The predicted molar refractivity (Wildman–Crippen MR) is 74.6 cm³/mol. The molecule has 3 rings (SSSR count). The highest BCUT2D eigenvalue weighted by Gasteiger charge is 2.27. The van der Waals surface area contributed by atoms with Crippen molar-refractivity contribution in [2.45, 2.75) is 33.1 Å². The van der Waals surface area contributed by atoms with Crippen LogP contribution in [-0.2, 0) is 12.8 Å². The van der Waals surface area contributed by atoms with Crippen LogP contribution in [0.25, 0.3) is 10.2 Å². The van der Waals surface area contributed by atoms with Crippen LogP contribution in [0, 0.1) is 16.7 Å². The molecule has 2 aromatic rings. The van der Waals surface area contributed by atoms with Gasteiger partial charge in [-0.05, 0) is 36.3 Å². The van der Waals surface area contributed by atoms with Gasteiger partial charge < -0.3 is 5.73 Å². The van der Waals surface area contributed by atoms with E-state index < -0.39 is 0 Å². The smallest absolute Gasteiger partial charge is 0.130 e. The van der Waals surface area contributed by atoms with Crippen LogP contribution in [0.3, 0.4) is 0 Å². The minimum atomic E-state index is 0.338. The van der Waals surface area contributed by atoms with E-state index in [9.17, 15) is 0 Å². The zero-order valence-electron chi connectivity index (χ0n) is 10.6. The number of hydrogen-bond acceptors (Lipinski definition) is 4. The Morgan fingerprint density at radius 1 is 1.50 bits per heavy atom. The Kier molecular flexibility index (Phi) is 2.36. The number of nitriles is 1.